The molecule has 0 saturated heterocycles. The molecule has 2 nitrogen and oxygen atoms in total. The van der Waals surface area contributed by atoms with Crippen molar-refractivity contribution in [2.75, 3.05) is 6.54 Å². The van der Waals surface area contributed by atoms with E-state index < -0.39 is 0 Å². The van der Waals surface area contributed by atoms with E-state index >= 15 is 0 Å². The fourth-order valence-corrected chi connectivity index (χ4v) is 4.04. The summed E-state index contributed by atoms with van der Waals surface area (Å²) in [5.41, 5.74) is 2.40. The summed E-state index contributed by atoms with van der Waals surface area (Å²) in [5, 5.41) is 2.76. The lowest BCUT2D eigenvalue weighted by atomic mass is 9.99. The summed E-state index contributed by atoms with van der Waals surface area (Å²) >= 11 is 7.96. The maximum Gasteiger partial charge on any atom is 0.261 e. The lowest BCUT2D eigenvalue weighted by molar-refractivity contribution is 0.0957. The monoisotopic (exact) mass is 319 g/mol. The number of carbonyl (C=O) groups excluding carboxylic acids is 1. The van der Waals surface area contributed by atoms with Gasteiger partial charge in [-0.1, -0.05) is 30.3 Å². The summed E-state index contributed by atoms with van der Waals surface area (Å²) in [6, 6.07) is 11.9. The molecule has 1 atom stereocenters. The Bertz CT molecular complexity index is 599. The molecule has 4 heteroatoms. The van der Waals surface area contributed by atoms with Crippen LogP contribution in [0.2, 0.25) is 0 Å². The van der Waals surface area contributed by atoms with Crippen LogP contribution < -0.4 is 5.32 Å². The zero-order valence-corrected chi connectivity index (χ0v) is 13.3. The molecule has 0 spiro atoms. The summed E-state index contributed by atoms with van der Waals surface area (Å²) in [4.78, 5) is 14.4. The molecule has 1 aromatic heterocycles. The standard InChI is InChI=1S/C17H18ClNOS/c18-14(12-6-2-1-3-7-12)11-19-17(20)16-10-13-8-4-5-9-15(13)21-16/h1-3,6-7,10,14H,4-5,8-9,11H2,(H,19,20). The van der Waals surface area contributed by atoms with E-state index in [0.29, 0.717) is 6.54 Å². The highest BCUT2D eigenvalue weighted by Crippen LogP contribution is 2.29. The molecule has 0 aliphatic heterocycles. The molecule has 1 aliphatic carbocycles. The van der Waals surface area contributed by atoms with Crippen LogP contribution in [-0.4, -0.2) is 12.5 Å². The van der Waals surface area contributed by atoms with Crippen molar-refractivity contribution in [1.82, 2.24) is 5.32 Å². The number of hydrogen-bond donors (Lipinski definition) is 1. The highest BCUT2D eigenvalue weighted by molar-refractivity contribution is 7.14. The molecule has 1 unspecified atom stereocenters. The molecule has 3 rings (SSSR count). The number of aryl methyl sites for hydroxylation is 2. The van der Waals surface area contributed by atoms with Gasteiger partial charge in [0, 0.05) is 11.4 Å². The SMILES string of the molecule is O=C(NCC(Cl)c1ccccc1)c1cc2c(s1)CCCC2. The van der Waals surface area contributed by atoms with E-state index in [0.717, 1.165) is 23.3 Å². The van der Waals surface area contributed by atoms with E-state index in [1.807, 2.05) is 30.3 Å². The second-order valence-electron chi connectivity index (χ2n) is 5.35. The largest absolute Gasteiger partial charge is 0.350 e. The average Bonchev–Trinajstić information content (AvgIpc) is 2.97. The van der Waals surface area contributed by atoms with Gasteiger partial charge in [-0.25, -0.2) is 0 Å². The molecule has 0 fully saturated rings. The van der Waals surface area contributed by atoms with Crippen molar-refractivity contribution in [3.63, 3.8) is 0 Å². The molecule has 1 heterocycles. The van der Waals surface area contributed by atoms with Crippen LogP contribution >= 0.6 is 22.9 Å². The van der Waals surface area contributed by atoms with Gasteiger partial charge >= 0.3 is 0 Å². The molecule has 1 aliphatic rings. The number of hydrogen-bond acceptors (Lipinski definition) is 2. The van der Waals surface area contributed by atoms with Crippen LogP contribution in [0.15, 0.2) is 36.4 Å². The van der Waals surface area contributed by atoms with E-state index in [1.54, 1.807) is 11.3 Å². The van der Waals surface area contributed by atoms with Gasteiger partial charge in [0.25, 0.3) is 5.91 Å². The Labute approximate surface area is 134 Å². The number of halogens is 1. The van der Waals surface area contributed by atoms with Crippen molar-refractivity contribution in [2.24, 2.45) is 0 Å². The normalized spacial score (nSPS) is 15.3. The third-order valence-electron chi connectivity index (χ3n) is 3.82. The van der Waals surface area contributed by atoms with Gasteiger partial charge in [0.1, 0.15) is 0 Å². The number of thiophene rings is 1. The van der Waals surface area contributed by atoms with E-state index in [4.69, 9.17) is 11.6 Å². The molecule has 2 aromatic rings. The van der Waals surface area contributed by atoms with E-state index in [1.165, 1.54) is 23.3 Å². The minimum absolute atomic E-state index is 0.00372. The zero-order valence-electron chi connectivity index (χ0n) is 11.8. The zero-order chi connectivity index (χ0) is 14.7. The lowest BCUT2D eigenvalue weighted by Gasteiger charge is -2.10. The fraction of sp³-hybridized carbons (Fsp3) is 0.353. The fourth-order valence-electron chi connectivity index (χ4n) is 2.65. The molecule has 1 aromatic carbocycles. The van der Waals surface area contributed by atoms with Gasteiger partial charge in [0.2, 0.25) is 0 Å². The summed E-state index contributed by atoms with van der Waals surface area (Å²) in [6.07, 6.45) is 4.71. The molecule has 21 heavy (non-hydrogen) atoms. The van der Waals surface area contributed by atoms with Crippen LogP contribution in [0.1, 0.15) is 43.9 Å². The number of nitrogens with one attached hydrogen (secondary N) is 1. The minimum atomic E-state index is -0.190. The van der Waals surface area contributed by atoms with Gasteiger partial charge in [-0.05, 0) is 42.9 Å². The molecular formula is C17H18ClNOS. The second-order valence-corrected chi connectivity index (χ2v) is 7.02. The molecule has 1 amide bonds. The Balaban J connectivity index is 1.60. The smallest absolute Gasteiger partial charge is 0.261 e. The molecule has 110 valence electrons. The van der Waals surface area contributed by atoms with Gasteiger partial charge < -0.3 is 5.32 Å². The summed E-state index contributed by atoms with van der Waals surface area (Å²) in [7, 11) is 0. The predicted octanol–water partition coefficient (Wildman–Crippen LogP) is 4.34. The van der Waals surface area contributed by atoms with Crippen LogP contribution in [0, 0.1) is 0 Å². The van der Waals surface area contributed by atoms with Crippen LogP contribution in [0.5, 0.6) is 0 Å². The third-order valence-corrected chi connectivity index (χ3v) is 5.47. The van der Waals surface area contributed by atoms with Crippen molar-refractivity contribution in [3.05, 3.63) is 57.3 Å². The van der Waals surface area contributed by atoms with Crippen molar-refractivity contribution in [1.29, 1.82) is 0 Å². The second kappa shape index (κ2) is 6.63. The minimum Gasteiger partial charge on any atom is -0.350 e. The molecular weight excluding hydrogens is 302 g/mol. The summed E-state index contributed by atoms with van der Waals surface area (Å²) in [5.74, 6) is -0.00372. The first-order chi connectivity index (χ1) is 10.2. The lowest BCUT2D eigenvalue weighted by Crippen LogP contribution is -2.26. The summed E-state index contributed by atoms with van der Waals surface area (Å²) in [6.45, 7) is 0.451. The van der Waals surface area contributed by atoms with E-state index in [9.17, 15) is 4.79 Å². The predicted molar refractivity (Wildman–Crippen MR) is 88.3 cm³/mol. The topological polar surface area (TPSA) is 29.1 Å². The number of rotatable bonds is 4. The van der Waals surface area contributed by atoms with Crippen molar-refractivity contribution in [3.8, 4) is 0 Å². The Morgan fingerprint density at radius 2 is 2.00 bits per heavy atom. The van der Waals surface area contributed by atoms with E-state index in [-0.39, 0.29) is 11.3 Å². The van der Waals surface area contributed by atoms with Crippen LogP contribution in [-0.2, 0) is 12.8 Å². The number of benzene rings is 1. The van der Waals surface area contributed by atoms with Gasteiger partial charge in [-0.3, -0.25) is 4.79 Å². The van der Waals surface area contributed by atoms with Gasteiger partial charge in [0.15, 0.2) is 0 Å². The first-order valence-corrected chi connectivity index (χ1v) is 8.58. The number of carbonyl (C=O) groups is 1. The molecule has 0 radical (unpaired) electrons. The maximum absolute atomic E-state index is 12.2. The van der Waals surface area contributed by atoms with Gasteiger partial charge in [-0.15, -0.1) is 22.9 Å². The highest BCUT2D eigenvalue weighted by atomic mass is 35.5. The first kappa shape index (κ1) is 14.6. The molecule has 0 saturated carbocycles. The maximum atomic E-state index is 12.2. The number of fused-ring (bicyclic) bond motifs is 1. The van der Waals surface area contributed by atoms with Crippen LogP contribution in [0.25, 0.3) is 0 Å². The van der Waals surface area contributed by atoms with Crippen LogP contribution in [0.3, 0.4) is 0 Å². The van der Waals surface area contributed by atoms with Gasteiger partial charge in [0.05, 0.1) is 10.3 Å². The van der Waals surface area contributed by atoms with Crippen molar-refractivity contribution < 1.29 is 4.79 Å². The molecule has 0 bridgehead atoms. The molecule has 1 N–H and O–H groups in total. The number of amides is 1. The Morgan fingerprint density at radius 3 is 2.76 bits per heavy atom. The Hall–Kier alpha value is -1.32. The van der Waals surface area contributed by atoms with Crippen LogP contribution in [0.4, 0.5) is 0 Å². The quantitative estimate of drug-likeness (QED) is 0.835. The Kier molecular flexibility index (Phi) is 4.61. The Morgan fingerprint density at radius 1 is 1.24 bits per heavy atom. The first-order valence-electron chi connectivity index (χ1n) is 7.33. The van der Waals surface area contributed by atoms with Gasteiger partial charge in [-0.2, -0.15) is 0 Å². The number of alkyl halides is 1. The van der Waals surface area contributed by atoms with Crippen molar-refractivity contribution >= 4 is 28.8 Å². The van der Waals surface area contributed by atoms with E-state index in [2.05, 4.69) is 11.4 Å². The third kappa shape index (κ3) is 3.47. The highest BCUT2D eigenvalue weighted by Gasteiger charge is 2.18. The summed E-state index contributed by atoms with van der Waals surface area (Å²) < 4.78 is 0. The average molecular weight is 320 g/mol. The van der Waals surface area contributed by atoms with Crippen molar-refractivity contribution in [2.45, 2.75) is 31.1 Å².